The van der Waals surface area contributed by atoms with E-state index in [4.69, 9.17) is 16.6 Å². The summed E-state index contributed by atoms with van der Waals surface area (Å²) < 4.78 is 4.80. The number of anilines is 2. The fourth-order valence-corrected chi connectivity index (χ4v) is 4.28. The van der Waals surface area contributed by atoms with Gasteiger partial charge in [0, 0.05) is 37.4 Å². The van der Waals surface area contributed by atoms with E-state index in [1.54, 1.807) is 7.05 Å². The molecule has 0 radical (unpaired) electrons. The molecule has 29 heavy (non-hydrogen) atoms. The van der Waals surface area contributed by atoms with Gasteiger partial charge in [0.2, 0.25) is 5.95 Å². The summed E-state index contributed by atoms with van der Waals surface area (Å²) >= 11 is 6.36. The molecular formula is C21H26ClN5O2. The lowest BCUT2D eigenvalue weighted by atomic mass is 10.1. The number of aromatic nitrogens is 4. The molecule has 0 aliphatic carbocycles. The summed E-state index contributed by atoms with van der Waals surface area (Å²) in [6.45, 7) is 8.05. The molecule has 0 spiro atoms. The zero-order chi connectivity index (χ0) is 20.9. The topological polar surface area (TPSA) is 65.1 Å². The van der Waals surface area contributed by atoms with Gasteiger partial charge in [0.1, 0.15) is 0 Å². The van der Waals surface area contributed by atoms with E-state index < -0.39 is 0 Å². The van der Waals surface area contributed by atoms with Crippen molar-refractivity contribution in [3.63, 3.8) is 0 Å². The van der Waals surface area contributed by atoms with Crippen molar-refractivity contribution in [3.8, 4) is 0 Å². The molecule has 0 fully saturated rings. The van der Waals surface area contributed by atoms with Crippen molar-refractivity contribution in [1.29, 1.82) is 0 Å². The molecule has 1 aliphatic heterocycles. The van der Waals surface area contributed by atoms with Crippen LogP contribution in [0.25, 0.3) is 11.2 Å². The number of fused-ring (bicyclic) bond motifs is 3. The van der Waals surface area contributed by atoms with Crippen LogP contribution in [0.2, 0.25) is 5.02 Å². The third kappa shape index (κ3) is 3.08. The average molecular weight is 416 g/mol. The number of rotatable bonds is 4. The van der Waals surface area contributed by atoms with Crippen LogP contribution in [0.4, 0.5) is 11.6 Å². The lowest BCUT2D eigenvalue weighted by molar-refractivity contribution is 0.457. The van der Waals surface area contributed by atoms with Gasteiger partial charge in [-0.3, -0.25) is 13.9 Å². The molecule has 3 heterocycles. The van der Waals surface area contributed by atoms with E-state index in [0.717, 1.165) is 30.6 Å². The van der Waals surface area contributed by atoms with E-state index in [1.807, 2.05) is 36.6 Å². The van der Waals surface area contributed by atoms with Crippen molar-refractivity contribution in [2.45, 2.75) is 46.7 Å². The predicted molar refractivity (Wildman–Crippen MR) is 117 cm³/mol. The van der Waals surface area contributed by atoms with Gasteiger partial charge in [-0.2, -0.15) is 4.98 Å². The lowest BCUT2D eigenvalue weighted by Crippen LogP contribution is -2.40. The number of hydrogen-bond donors (Lipinski definition) is 0. The molecule has 154 valence electrons. The maximum Gasteiger partial charge on any atom is 0.332 e. The van der Waals surface area contributed by atoms with Crippen LogP contribution in [0.15, 0.2) is 27.8 Å². The minimum absolute atomic E-state index is 0.257. The average Bonchev–Trinajstić information content (AvgIpc) is 3.07. The second kappa shape index (κ2) is 7.37. The monoisotopic (exact) mass is 415 g/mol. The first-order valence-electron chi connectivity index (χ1n) is 10.1. The third-order valence-corrected chi connectivity index (χ3v) is 6.12. The second-order valence-corrected chi connectivity index (χ2v) is 8.35. The van der Waals surface area contributed by atoms with Gasteiger partial charge in [-0.15, -0.1) is 0 Å². The molecule has 0 bridgehead atoms. The Bertz CT molecular complexity index is 1210. The number of nitrogens with zero attached hydrogens (tertiary/aromatic N) is 5. The third-order valence-electron chi connectivity index (χ3n) is 5.71. The maximum absolute atomic E-state index is 13.3. The molecule has 7 nitrogen and oxygen atoms in total. The highest BCUT2D eigenvalue weighted by Crippen LogP contribution is 2.36. The SMILES string of the molecule is CCCCn1c(=O)c2c(nc3n2C[C@H](C)CN3c2cccc(Cl)c2C)n(C)c1=O. The van der Waals surface area contributed by atoms with Crippen molar-refractivity contribution in [3.05, 3.63) is 49.6 Å². The summed E-state index contributed by atoms with van der Waals surface area (Å²) in [5.74, 6) is 0.989. The van der Waals surface area contributed by atoms with Gasteiger partial charge in [-0.05, 0) is 37.0 Å². The molecule has 1 atom stereocenters. The highest BCUT2D eigenvalue weighted by atomic mass is 35.5. The zero-order valence-electron chi connectivity index (χ0n) is 17.3. The van der Waals surface area contributed by atoms with Gasteiger partial charge in [-0.1, -0.05) is 37.9 Å². The summed E-state index contributed by atoms with van der Waals surface area (Å²) in [7, 11) is 1.68. The smallest absolute Gasteiger partial charge is 0.311 e. The van der Waals surface area contributed by atoms with E-state index >= 15 is 0 Å². The normalized spacial score (nSPS) is 16.4. The summed E-state index contributed by atoms with van der Waals surface area (Å²) in [6, 6.07) is 5.80. The fourth-order valence-electron chi connectivity index (χ4n) is 4.11. The molecule has 3 aromatic rings. The van der Waals surface area contributed by atoms with Crippen LogP contribution in [-0.2, 0) is 20.1 Å². The maximum atomic E-state index is 13.3. The predicted octanol–water partition coefficient (Wildman–Crippen LogP) is 3.45. The number of unbranched alkanes of at least 4 members (excludes halogenated alkanes) is 1. The number of benzene rings is 1. The number of aryl methyl sites for hydroxylation is 1. The van der Waals surface area contributed by atoms with E-state index in [2.05, 4.69) is 11.8 Å². The van der Waals surface area contributed by atoms with Crippen LogP contribution in [0.3, 0.4) is 0 Å². The van der Waals surface area contributed by atoms with Crippen molar-refractivity contribution in [2.24, 2.45) is 13.0 Å². The fraction of sp³-hybridized carbons (Fsp3) is 0.476. The summed E-state index contributed by atoms with van der Waals surface area (Å²) in [5, 5.41) is 0.692. The Morgan fingerprint density at radius 3 is 2.72 bits per heavy atom. The molecule has 0 amide bonds. The Labute approximate surface area is 174 Å². The standard InChI is InChI=1S/C21H26ClN5O2/c1-5-6-10-25-19(28)17-18(24(4)21(25)29)23-20-26(11-13(2)12-27(17)20)16-9-7-8-15(22)14(16)3/h7-9,13H,5-6,10-12H2,1-4H3/t13-/m1/s1. The number of hydrogen-bond acceptors (Lipinski definition) is 4. The molecular weight excluding hydrogens is 390 g/mol. The minimum atomic E-state index is -0.315. The van der Waals surface area contributed by atoms with Crippen LogP contribution in [0, 0.1) is 12.8 Å². The van der Waals surface area contributed by atoms with Crippen molar-refractivity contribution < 1.29 is 0 Å². The molecule has 2 aromatic heterocycles. The van der Waals surface area contributed by atoms with Gasteiger partial charge >= 0.3 is 5.69 Å². The Kier molecular flexibility index (Phi) is 5.02. The molecule has 0 N–H and O–H groups in total. The Morgan fingerprint density at radius 2 is 2.00 bits per heavy atom. The van der Waals surface area contributed by atoms with E-state index in [9.17, 15) is 9.59 Å². The van der Waals surface area contributed by atoms with Gasteiger partial charge in [-0.25, -0.2) is 4.79 Å². The lowest BCUT2D eigenvalue weighted by Gasteiger charge is -2.34. The summed E-state index contributed by atoms with van der Waals surface area (Å²) in [4.78, 5) is 32.9. The van der Waals surface area contributed by atoms with Crippen LogP contribution in [0.5, 0.6) is 0 Å². The number of imidazole rings is 1. The second-order valence-electron chi connectivity index (χ2n) is 7.95. The van der Waals surface area contributed by atoms with Gasteiger partial charge < -0.3 is 9.47 Å². The summed E-state index contributed by atoms with van der Waals surface area (Å²) in [6.07, 6.45) is 1.70. The molecule has 0 saturated heterocycles. The van der Waals surface area contributed by atoms with Crippen molar-refractivity contribution >= 4 is 34.4 Å². The quantitative estimate of drug-likeness (QED) is 0.654. The van der Waals surface area contributed by atoms with Crippen molar-refractivity contribution in [2.75, 3.05) is 11.4 Å². The Hall–Kier alpha value is -2.54. The highest BCUT2D eigenvalue weighted by Gasteiger charge is 2.30. The summed E-state index contributed by atoms with van der Waals surface area (Å²) in [5.41, 5.74) is 2.29. The van der Waals surface area contributed by atoms with Crippen LogP contribution in [-0.4, -0.2) is 25.2 Å². The Balaban J connectivity index is 2.00. The van der Waals surface area contributed by atoms with Gasteiger partial charge in [0.05, 0.1) is 0 Å². The first kappa shape index (κ1) is 19.8. The van der Waals surface area contributed by atoms with Gasteiger partial charge in [0.25, 0.3) is 5.56 Å². The van der Waals surface area contributed by atoms with Crippen LogP contribution >= 0.6 is 11.6 Å². The minimum Gasteiger partial charge on any atom is -0.311 e. The highest BCUT2D eigenvalue weighted by molar-refractivity contribution is 6.31. The van der Waals surface area contributed by atoms with E-state index in [1.165, 1.54) is 9.13 Å². The first-order valence-corrected chi connectivity index (χ1v) is 10.5. The van der Waals surface area contributed by atoms with E-state index in [-0.39, 0.29) is 11.2 Å². The molecule has 0 unspecified atom stereocenters. The first-order chi connectivity index (χ1) is 13.8. The molecule has 1 aliphatic rings. The van der Waals surface area contributed by atoms with Crippen LogP contribution in [0.1, 0.15) is 32.3 Å². The van der Waals surface area contributed by atoms with Crippen LogP contribution < -0.4 is 16.1 Å². The molecule has 8 heteroatoms. The zero-order valence-corrected chi connectivity index (χ0v) is 18.0. The number of halogens is 1. The van der Waals surface area contributed by atoms with Crippen molar-refractivity contribution in [1.82, 2.24) is 18.7 Å². The Morgan fingerprint density at radius 1 is 1.24 bits per heavy atom. The van der Waals surface area contributed by atoms with E-state index in [0.29, 0.717) is 41.1 Å². The molecule has 1 aromatic carbocycles. The van der Waals surface area contributed by atoms with Gasteiger partial charge in [0.15, 0.2) is 11.2 Å². The molecule has 4 rings (SSSR count). The largest absolute Gasteiger partial charge is 0.332 e. The molecule has 0 saturated carbocycles.